The van der Waals surface area contributed by atoms with Crippen molar-refractivity contribution < 1.29 is 4.79 Å². The van der Waals surface area contributed by atoms with Crippen LogP contribution in [0.3, 0.4) is 0 Å². The minimum absolute atomic E-state index is 0.0280. The summed E-state index contributed by atoms with van der Waals surface area (Å²) >= 11 is 0. The van der Waals surface area contributed by atoms with Crippen molar-refractivity contribution in [1.29, 1.82) is 0 Å². The van der Waals surface area contributed by atoms with Gasteiger partial charge in [0, 0.05) is 23.8 Å². The first kappa shape index (κ1) is 14.9. The molecule has 5 nitrogen and oxygen atoms in total. The first-order valence-electron chi connectivity index (χ1n) is 8.37. The van der Waals surface area contributed by atoms with Crippen molar-refractivity contribution in [2.75, 3.05) is 0 Å². The van der Waals surface area contributed by atoms with Crippen LogP contribution >= 0.6 is 0 Å². The molecule has 0 spiro atoms. The normalized spacial score (nSPS) is 20.7. The maximum atomic E-state index is 13.0. The molecule has 0 N–H and O–H groups in total. The van der Waals surface area contributed by atoms with Crippen LogP contribution in [-0.2, 0) is 0 Å². The molecule has 1 aliphatic heterocycles. The fourth-order valence-electron chi connectivity index (χ4n) is 3.60. The van der Waals surface area contributed by atoms with Gasteiger partial charge in [-0.15, -0.1) is 0 Å². The highest BCUT2D eigenvalue weighted by Crippen LogP contribution is 2.27. The summed E-state index contributed by atoms with van der Waals surface area (Å²) in [6.07, 6.45) is 5.49. The van der Waals surface area contributed by atoms with E-state index in [0.29, 0.717) is 11.2 Å². The summed E-state index contributed by atoms with van der Waals surface area (Å²) in [5, 5.41) is 4.44. The van der Waals surface area contributed by atoms with E-state index in [4.69, 9.17) is 0 Å². The van der Waals surface area contributed by atoms with Gasteiger partial charge >= 0.3 is 0 Å². The van der Waals surface area contributed by atoms with Gasteiger partial charge in [-0.25, -0.2) is 9.50 Å². The smallest absolute Gasteiger partial charge is 0.259 e. The average Bonchev–Trinajstić information content (AvgIpc) is 3.18. The third-order valence-electron chi connectivity index (χ3n) is 4.89. The zero-order chi connectivity index (χ0) is 16.7. The minimum Gasteiger partial charge on any atom is -0.333 e. The number of nitrogens with zero attached hydrogens (tertiary/aromatic N) is 4. The molecule has 5 heteroatoms. The Kier molecular flexibility index (Phi) is 3.56. The topological polar surface area (TPSA) is 50.5 Å². The summed E-state index contributed by atoms with van der Waals surface area (Å²) in [7, 11) is 0. The standard InChI is InChI=1S/C19H20N4O/c1-13-8-9-14(2)22(13)19(24)16-12-21-23-17(10-11-20-18(16)23)15-6-4-3-5-7-15/h3-7,10-14H,8-9H2,1-2H3/t13-,14-/m0/s1. The Hall–Kier alpha value is -2.69. The molecule has 1 aliphatic rings. The Morgan fingerprint density at radius 2 is 1.79 bits per heavy atom. The molecule has 1 saturated heterocycles. The van der Waals surface area contributed by atoms with Crippen molar-refractivity contribution in [3.63, 3.8) is 0 Å². The molecule has 0 unspecified atom stereocenters. The van der Waals surface area contributed by atoms with Crippen molar-refractivity contribution in [2.24, 2.45) is 0 Å². The van der Waals surface area contributed by atoms with Crippen molar-refractivity contribution >= 4 is 11.6 Å². The third kappa shape index (κ3) is 2.28. The number of amides is 1. The molecule has 0 saturated carbocycles. The maximum Gasteiger partial charge on any atom is 0.259 e. The Morgan fingerprint density at radius 1 is 1.08 bits per heavy atom. The van der Waals surface area contributed by atoms with Gasteiger partial charge in [-0.1, -0.05) is 30.3 Å². The van der Waals surface area contributed by atoms with Crippen LogP contribution in [0.4, 0.5) is 0 Å². The number of rotatable bonds is 2. The van der Waals surface area contributed by atoms with E-state index >= 15 is 0 Å². The quantitative estimate of drug-likeness (QED) is 0.727. The summed E-state index contributed by atoms with van der Waals surface area (Å²) in [6, 6.07) is 12.5. The van der Waals surface area contributed by atoms with Crippen LogP contribution in [0.15, 0.2) is 48.8 Å². The lowest BCUT2D eigenvalue weighted by Crippen LogP contribution is -2.38. The molecule has 1 amide bonds. The van der Waals surface area contributed by atoms with Gasteiger partial charge in [0.25, 0.3) is 5.91 Å². The van der Waals surface area contributed by atoms with E-state index in [1.807, 2.05) is 41.3 Å². The number of fused-ring (bicyclic) bond motifs is 1. The van der Waals surface area contributed by atoms with Crippen molar-refractivity contribution in [3.8, 4) is 11.3 Å². The molecule has 0 bridgehead atoms. The predicted octanol–water partition coefficient (Wildman–Crippen LogP) is 3.41. The molecule has 4 rings (SSSR count). The molecular weight excluding hydrogens is 300 g/mol. The second kappa shape index (κ2) is 5.74. The van der Waals surface area contributed by atoms with Crippen molar-refractivity contribution in [1.82, 2.24) is 19.5 Å². The van der Waals surface area contributed by atoms with Crippen LogP contribution in [-0.4, -0.2) is 37.5 Å². The van der Waals surface area contributed by atoms with Gasteiger partial charge in [-0.2, -0.15) is 5.10 Å². The first-order valence-corrected chi connectivity index (χ1v) is 8.37. The Balaban J connectivity index is 1.80. The van der Waals surface area contributed by atoms with Gasteiger partial charge in [-0.3, -0.25) is 4.79 Å². The fourth-order valence-corrected chi connectivity index (χ4v) is 3.60. The highest BCUT2D eigenvalue weighted by molar-refractivity contribution is 6.00. The maximum absolute atomic E-state index is 13.0. The number of hydrogen-bond donors (Lipinski definition) is 0. The fraction of sp³-hybridized carbons (Fsp3) is 0.316. The molecule has 2 atom stereocenters. The summed E-state index contributed by atoms with van der Waals surface area (Å²) < 4.78 is 1.76. The van der Waals surface area contributed by atoms with E-state index in [2.05, 4.69) is 23.9 Å². The van der Waals surface area contributed by atoms with E-state index < -0.39 is 0 Å². The Labute approximate surface area is 140 Å². The van der Waals surface area contributed by atoms with Gasteiger partial charge < -0.3 is 4.90 Å². The number of hydrogen-bond acceptors (Lipinski definition) is 3. The Bertz CT molecular complexity index is 877. The van der Waals surface area contributed by atoms with E-state index in [-0.39, 0.29) is 18.0 Å². The minimum atomic E-state index is 0.0280. The number of aromatic nitrogens is 3. The number of likely N-dealkylation sites (tertiary alicyclic amines) is 1. The molecule has 2 aromatic heterocycles. The second-order valence-electron chi connectivity index (χ2n) is 6.48. The van der Waals surface area contributed by atoms with Gasteiger partial charge in [0.2, 0.25) is 0 Å². The SMILES string of the molecule is C[C@H]1CC[C@H](C)N1C(=O)c1cnn2c(-c3ccccc3)ccnc12. The molecule has 24 heavy (non-hydrogen) atoms. The molecule has 1 fully saturated rings. The third-order valence-corrected chi connectivity index (χ3v) is 4.89. The number of carbonyl (C=O) groups excluding carboxylic acids is 1. The van der Waals surface area contributed by atoms with Gasteiger partial charge in [-0.05, 0) is 32.8 Å². The molecule has 122 valence electrons. The summed E-state index contributed by atoms with van der Waals surface area (Å²) in [4.78, 5) is 19.4. The van der Waals surface area contributed by atoms with Crippen LogP contribution in [0.25, 0.3) is 16.9 Å². The molecule has 0 radical (unpaired) electrons. The van der Waals surface area contributed by atoms with Crippen LogP contribution < -0.4 is 0 Å². The van der Waals surface area contributed by atoms with Crippen LogP contribution in [0.2, 0.25) is 0 Å². The van der Waals surface area contributed by atoms with Crippen LogP contribution in [0.1, 0.15) is 37.0 Å². The van der Waals surface area contributed by atoms with Crippen molar-refractivity contribution in [3.05, 3.63) is 54.4 Å². The molecular formula is C19H20N4O. The molecule has 3 aromatic rings. The predicted molar refractivity (Wildman–Crippen MR) is 92.8 cm³/mol. The zero-order valence-corrected chi connectivity index (χ0v) is 13.9. The van der Waals surface area contributed by atoms with Crippen LogP contribution in [0, 0.1) is 0 Å². The highest BCUT2D eigenvalue weighted by atomic mass is 16.2. The molecule has 1 aromatic carbocycles. The van der Waals surface area contributed by atoms with E-state index in [0.717, 1.165) is 24.1 Å². The lowest BCUT2D eigenvalue weighted by atomic mass is 10.1. The lowest BCUT2D eigenvalue weighted by molar-refractivity contribution is 0.0694. The highest BCUT2D eigenvalue weighted by Gasteiger charge is 2.33. The summed E-state index contributed by atoms with van der Waals surface area (Å²) in [6.45, 7) is 4.21. The monoisotopic (exact) mass is 320 g/mol. The number of benzene rings is 1. The lowest BCUT2D eigenvalue weighted by Gasteiger charge is -2.25. The van der Waals surface area contributed by atoms with E-state index in [9.17, 15) is 4.79 Å². The van der Waals surface area contributed by atoms with Crippen LogP contribution in [0.5, 0.6) is 0 Å². The average molecular weight is 320 g/mol. The van der Waals surface area contributed by atoms with Crippen molar-refractivity contribution in [2.45, 2.75) is 38.8 Å². The summed E-state index contributed by atoms with van der Waals surface area (Å²) in [5.41, 5.74) is 3.18. The molecule has 0 aliphatic carbocycles. The molecule has 3 heterocycles. The Morgan fingerprint density at radius 3 is 2.50 bits per heavy atom. The van der Waals surface area contributed by atoms with E-state index in [1.165, 1.54) is 0 Å². The largest absolute Gasteiger partial charge is 0.333 e. The van der Waals surface area contributed by atoms with Gasteiger partial charge in [0.05, 0.1) is 11.9 Å². The summed E-state index contributed by atoms with van der Waals surface area (Å²) in [5.74, 6) is 0.0280. The first-order chi connectivity index (χ1) is 11.7. The number of carbonyl (C=O) groups is 1. The van der Waals surface area contributed by atoms with E-state index in [1.54, 1.807) is 16.9 Å². The van der Waals surface area contributed by atoms with Gasteiger partial charge in [0.15, 0.2) is 5.65 Å². The second-order valence-corrected chi connectivity index (χ2v) is 6.48. The zero-order valence-electron chi connectivity index (χ0n) is 13.9. The van der Waals surface area contributed by atoms with Gasteiger partial charge in [0.1, 0.15) is 5.56 Å².